The van der Waals surface area contributed by atoms with Gasteiger partial charge < -0.3 is 15.5 Å². The van der Waals surface area contributed by atoms with Crippen LogP contribution in [0.5, 0.6) is 0 Å². The highest BCUT2D eigenvalue weighted by Crippen LogP contribution is 2.24. The maximum Gasteiger partial charge on any atom is 0.255 e. The normalized spacial score (nSPS) is 10.4. The lowest BCUT2D eigenvalue weighted by molar-refractivity contribution is 0.0950. The number of aryl methyl sites for hydroxylation is 1. The maximum absolute atomic E-state index is 13.1. The van der Waals surface area contributed by atoms with Crippen molar-refractivity contribution in [2.45, 2.75) is 13.5 Å². The summed E-state index contributed by atoms with van der Waals surface area (Å²) in [7, 11) is 3.69. The zero-order valence-electron chi connectivity index (χ0n) is 17.2. The van der Waals surface area contributed by atoms with Crippen molar-refractivity contribution in [3.8, 4) is 0 Å². The van der Waals surface area contributed by atoms with Gasteiger partial charge in [-0.3, -0.25) is 9.59 Å². The minimum Gasteiger partial charge on any atom is -0.377 e. The Morgan fingerprint density at radius 3 is 2.27 bits per heavy atom. The van der Waals surface area contributed by atoms with E-state index in [2.05, 4.69) is 10.6 Å². The van der Waals surface area contributed by atoms with E-state index in [1.165, 1.54) is 12.1 Å². The molecule has 0 spiro atoms. The van der Waals surface area contributed by atoms with Crippen molar-refractivity contribution >= 4 is 23.2 Å². The summed E-state index contributed by atoms with van der Waals surface area (Å²) < 4.78 is 13.1. The van der Waals surface area contributed by atoms with E-state index in [0.717, 1.165) is 16.8 Å². The highest BCUT2D eigenvalue weighted by atomic mass is 19.1. The molecule has 3 rings (SSSR count). The van der Waals surface area contributed by atoms with E-state index >= 15 is 0 Å². The average Bonchev–Trinajstić information content (AvgIpc) is 2.73. The molecular formula is C24H24FN3O2. The third-order valence-electron chi connectivity index (χ3n) is 4.74. The molecule has 0 saturated carbocycles. The zero-order valence-corrected chi connectivity index (χ0v) is 17.2. The first kappa shape index (κ1) is 21.0. The Kier molecular flexibility index (Phi) is 6.47. The van der Waals surface area contributed by atoms with Crippen molar-refractivity contribution in [1.82, 2.24) is 5.32 Å². The van der Waals surface area contributed by atoms with Crippen molar-refractivity contribution in [2.24, 2.45) is 0 Å². The highest BCUT2D eigenvalue weighted by molar-refractivity contribution is 6.07. The van der Waals surface area contributed by atoms with Gasteiger partial charge in [0.15, 0.2) is 0 Å². The van der Waals surface area contributed by atoms with Crippen LogP contribution in [-0.2, 0) is 6.54 Å². The molecule has 0 aliphatic heterocycles. The molecule has 154 valence electrons. The molecule has 3 aromatic carbocycles. The van der Waals surface area contributed by atoms with E-state index in [0.29, 0.717) is 16.8 Å². The van der Waals surface area contributed by atoms with Gasteiger partial charge in [-0.25, -0.2) is 4.39 Å². The smallest absolute Gasteiger partial charge is 0.255 e. The van der Waals surface area contributed by atoms with Crippen LogP contribution in [0.3, 0.4) is 0 Å². The number of anilines is 2. The van der Waals surface area contributed by atoms with Gasteiger partial charge in [0.05, 0.1) is 5.56 Å². The number of carbonyl (C=O) groups excluding carboxylic acids is 2. The molecule has 30 heavy (non-hydrogen) atoms. The summed E-state index contributed by atoms with van der Waals surface area (Å²) in [6, 6.07) is 18.5. The first-order chi connectivity index (χ1) is 14.3. The van der Waals surface area contributed by atoms with Gasteiger partial charge in [0.25, 0.3) is 11.8 Å². The fourth-order valence-electron chi connectivity index (χ4n) is 3.09. The number of carbonyl (C=O) groups is 2. The lowest BCUT2D eigenvalue weighted by Crippen LogP contribution is -2.25. The van der Waals surface area contributed by atoms with Crippen molar-refractivity contribution in [2.75, 3.05) is 24.3 Å². The molecule has 2 amide bonds. The molecule has 6 heteroatoms. The molecule has 0 bridgehead atoms. The van der Waals surface area contributed by atoms with Crippen molar-refractivity contribution in [3.05, 3.63) is 94.8 Å². The number of rotatable bonds is 6. The first-order valence-electron chi connectivity index (χ1n) is 9.56. The van der Waals surface area contributed by atoms with E-state index in [-0.39, 0.29) is 24.2 Å². The second-order valence-corrected chi connectivity index (χ2v) is 7.20. The number of amides is 2. The van der Waals surface area contributed by atoms with Crippen LogP contribution >= 0.6 is 0 Å². The molecule has 0 aromatic heterocycles. The Labute approximate surface area is 175 Å². The third-order valence-corrected chi connectivity index (χ3v) is 4.74. The molecule has 0 aliphatic carbocycles. The molecular weight excluding hydrogens is 381 g/mol. The number of nitrogens with zero attached hydrogens (tertiary/aromatic N) is 1. The predicted molar refractivity (Wildman–Crippen MR) is 117 cm³/mol. The summed E-state index contributed by atoms with van der Waals surface area (Å²) in [5.74, 6) is -0.838. The summed E-state index contributed by atoms with van der Waals surface area (Å²) in [6.45, 7) is 2.14. The second kappa shape index (κ2) is 9.22. The van der Waals surface area contributed by atoms with Gasteiger partial charge in [-0.1, -0.05) is 30.3 Å². The maximum atomic E-state index is 13.1. The van der Waals surface area contributed by atoms with Crippen molar-refractivity contribution in [3.63, 3.8) is 0 Å². The lowest BCUT2D eigenvalue weighted by atomic mass is 10.1. The SMILES string of the molecule is Cc1ccccc1C(=O)Nc1ccc(N(C)C)c(C(=O)NCc2ccc(F)cc2)c1. The number of hydrogen-bond donors (Lipinski definition) is 2. The monoisotopic (exact) mass is 405 g/mol. The standard InChI is InChI=1S/C24H24FN3O2/c1-16-6-4-5-7-20(16)24(30)27-19-12-13-22(28(2)3)21(14-19)23(29)26-15-17-8-10-18(25)11-9-17/h4-14H,15H2,1-3H3,(H,26,29)(H,27,30). The van der Waals surface area contributed by atoms with E-state index in [4.69, 9.17) is 0 Å². The van der Waals surface area contributed by atoms with Crippen molar-refractivity contribution in [1.29, 1.82) is 0 Å². The Balaban J connectivity index is 1.80. The van der Waals surface area contributed by atoms with E-state index in [1.807, 2.05) is 44.1 Å². The number of hydrogen-bond acceptors (Lipinski definition) is 3. The molecule has 0 fully saturated rings. The Bertz CT molecular complexity index is 1060. The molecule has 0 atom stereocenters. The minimum absolute atomic E-state index is 0.233. The van der Waals surface area contributed by atoms with Crippen LogP contribution in [0.1, 0.15) is 31.8 Å². The van der Waals surface area contributed by atoms with Crippen LogP contribution in [0, 0.1) is 12.7 Å². The van der Waals surface area contributed by atoms with Gasteiger partial charge in [-0.15, -0.1) is 0 Å². The molecule has 0 saturated heterocycles. The third kappa shape index (κ3) is 5.03. The molecule has 3 aromatic rings. The topological polar surface area (TPSA) is 61.4 Å². The molecule has 2 N–H and O–H groups in total. The molecule has 5 nitrogen and oxygen atoms in total. The van der Waals surface area contributed by atoms with Gasteiger partial charge in [-0.05, 0) is 54.4 Å². The Morgan fingerprint density at radius 1 is 0.900 bits per heavy atom. The van der Waals surface area contributed by atoms with Crippen LogP contribution in [0.25, 0.3) is 0 Å². The molecule has 0 radical (unpaired) electrons. The van der Waals surface area contributed by atoms with Crippen LogP contribution in [0.15, 0.2) is 66.7 Å². The van der Waals surface area contributed by atoms with Crippen LogP contribution < -0.4 is 15.5 Å². The second-order valence-electron chi connectivity index (χ2n) is 7.20. The quantitative estimate of drug-likeness (QED) is 0.640. The van der Waals surface area contributed by atoms with E-state index in [9.17, 15) is 14.0 Å². The van der Waals surface area contributed by atoms with Crippen LogP contribution in [0.2, 0.25) is 0 Å². The summed E-state index contributed by atoms with van der Waals surface area (Å²) in [4.78, 5) is 27.3. The van der Waals surface area contributed by atoms with Crippen LogP contribution in [0.4, 0.5) is 15.8 Å². The van der Waals surface area contributed by atoms with Gasteiger partial charge in [0, 0.05) is 37.6 Å². The summed E-state index contributed by atoms with van der Waals surface area (Å²) >= 11 is 0. The molecule has 0 unspecified atom stereocenters. The summed E-state index contributed by atoms with van der Waals surface area (Å²) in [5.41, 5.74) is 3.93. The van der Waals surface area contributed by atoms with Gasteiger partial charge in [0.2, 0.25) is 0 Å². The average molecular weight is 405 g/mol. The van der Waals surface area contributed by atoms with E-state index in [1.54, 1.807) is 36.4 Å². The van der Waals surface area contributed by atoms with E-state index < -0.39 is 0 Å². The number of nitrogens with one attached hydrogen (secondary N) is 2. The van der Waals surface area contributed by atoms with Gasteiger partial charge in [-0.2, -0.15) is 0 Å². The van der Waals surface area contributed by atoms with Crippen LogP contribution in [-0.4, -0.2) is 25.9 Å². The van der Waals surface area contributed by atoms with Gasteiger partial charge in [0.1, 0.15) is 5.82 Å². The first-order valence-corrected chi connectivity index (χ1v) is 9.56. The Hall–Kier alpha value is -3.67. The zero-order chi connectivity index (χ0) is 21.7. The summed E-state index contributed by atoms with van der Waals surface area (Å²) in [5, 5.41) is 5.71. The predicted octanol–water partition coefficient (Wildman–Crippen LogP) is 4.38. The minimum atomic E-state index is -0.322. The largest absolute Gasteiger partial charge is 0.377 e. The fourth-order valence-corrected chi connectivity index (χ4v) is 3.09. The lowest BCUT2D eigenvalue weighted by Gasteiger charge is -2.19. The van der Waals surface area contributed by atoms with Crippen molar-refractivity contribution < 1.29 is 14.0 Å². The number of halogens is 1. The molecule has 0 aliphatic rings. The Morgan fingerprint density at radius 2 is 1.60 bits per heavy atom. The summed E-state index contributed by atoms with van der Waals surface area (Å²) in [6.07, 6.45) is 0. The number of benzene rings is 3. The molecule has 0 heterocycles. The van der Waals surface area contributed by atoms with Gasteiger partial charge >= 0.3 is 0 Å². The fraction of sp³-hybridized carbons (Fsp3) is 0.167. The highest BCUT2D eigenvalue weighted by Gasteiger charge is 2.16.